The molecular weight excluding hydrogens is 617 g/mol. The molecule has 3 fully saturated rings. The number of benzene rings is 6. The first-order chi connectivity index (χ1) is 24.6. The van der Waals surface area contributed by atoms with Gasteiger partial charge in [-0.2, -0.15) is 0 Å². The van der Waals surface area contributed by atoms with E-state index < -0.39 is 12.2 Å². The van der Waals surface area contributed by atoms with Crippen molar-refractivity contribution in [1.29, 1.82) is 0 Å². The minimum absolute atomic E-state index is 0.274. The van der Waals surface area contributed by atoms with Gasteiger partial charge < -0.3 is 30.6 Å². The highest BCUT2D eigenvalue weighted by Gasteiger charge is 2.53. The fourth-order valence-electron chi connectivity index (χ4n) is 10.7. The standard InChI is InChI=1S/C44H40N4O2/c49-41-39(31-19-21-33-37-29(31)15-7-17-35(37)47-25-9-23-43(47,45-33)27-11-3-1-4-12-27)42(50)40(41)32-20-22-34-38-30(32)16-8-18-36(38)48-26-10-24-44(48,46-34)28-13-5-2-6-14-28/h1-8,11-22,39-42,45-46,49-50H,9-10,23-26H2. The van der Waals surface area contributed by atoms with Crippen LogP contribution in [0.1, 0.15) is 59.8 Å². The van der Waals surface area contributed by atoms with Crippen molar-refractivity contribution in [2.45, 2.75) is 61.1 Å². The topological polar surface area (TPSA) is 71.0 Å². The van der Waals surface area contributed by atoms with Crippen LogP contribution in [0.2, 0.25) is 0 Å². The molecule has 2 atom stereocenters. The maximum absolute atomic E-state index is 12.1. The van der Waals surface area contributed by atoms with Crippen LogP contribution in [0.3, 0.4) is 0 Å². The van der Waals surface area contributed by atoms with Gasteiger partial charge in [0.05, 0.1) is 12.2 Å². The molecule has 4 N–H and O–H groups in total. The molecule has 0 amide bonds. The number of fused-ring (bicyclic) bond motifs is 4. The van der Waals surface area contributed by atoms with Crippen molar-refractivity contribution < 1.29 is 10.2 Å². The Morgan fingerprint density at radius 2 is 0.940 bits per heavy atom. The van der Waals surface area contributed by atoms with E-state index in [-0.39, 0.29) is 23.2 Å². The summed E-state index contributed by atoms with van der Waals surface area (Å²) in [6, 6.07) is 43.3. The van der Waals surface area contributed by atoms with Gasteiger partial charge in [0, 0.05) is 58.4 Å². The van der Waals surface area contributed by atoms with Gasteiger partial charge in [-0.1, -0.05) is 97.1 Å². The van der Waals surface area contributed by atoms with Gasteiger partial charge >= 0.3 is 0 Å². The van der Waals surface area contributed by atoms with Crippen molar-refractivity contribution in [3.8, 4) is 0 Å². The molecule has 6 aromatic rings. The summed E-state index contributed by atoms with van der Waals surface area (Å²) in [5, 5.41) is 36.6. The van der Waals surface area contributed by atoms with Crippen LogP contribution in [0.15, 0.2) is 121 Å². The Morgan fingerprint density at radius 1 is 0.500 bits per heavy atom. The van der Waals surface area contributed by atoms with Gasteiger partial charge in [0.25, 0.3) is 0 Å². The van der Waals surface area contributed by atoms with Crippen LogP contribution >= 0.6 is 0 Å². The van der Waals surface area contributed by atoms with Crippen LogP contribution in [0.4, 0.5) is 22.7 Å². The van der Waals surface area contributed by atoms with Crippen molar-refractivity contribution in [3.63, 3.8) is 0 Å². The molecule has 0 radical (unpaired) electrons. The molecule has 6 heteroatoms. The zero-order chi connectivity index (χ0) is 33.2. The fourth-order valence-corrected chi connectivity index (χ4v) is 10.7. The van der Waals surface area contributed by atoms with E-state index >= 15 is 0 Å². The zero-order valence-electron chi connectivity index (χ0n) is 27.9. The molecule has 2 unspecified atom stereocenters. The van der Waals surface area contributed by atoms with Crippen LogP contribution in [0, 0.1) is 0 Å². The highest BCUT2D eigenvalue weighted by Crippen LogP contribution is 2.57. The number of nitrogens with zero attached hydrogens (tertiary/aromatic N) is 2. The first kappa shape index (κ1) is 28.8. The minimum atomic E-state index is -0.711. The summed E-state index contributed by atoms with van der Waals surface area (Å²) >= 11 is 0. The molecular formula is C44H40N4O2. The first-order valence-corrected chi connectivity index (χ1v) is 18.3. The quantitative estimate of drug-likeness (QED) is 0.153. The maximum atomic E-state index is 12.1. The smallest absolute Gasteiger partial charge is 0.137 e. The molecule has 0 aromatic heterocycles. The van der Waals surface area contributed by atoms with Crippen LogP contribution in [0.25, 0.3) is 21.5 Å². The Morgan fingerprint density at radius 3 is 1.38 bits per heavy atom. The number of hydrogen-bond donors (Lipinski definition) is 4. The number of anilines is 4. The lowest BCUT2D eigenvalue weighted by Gasteiger charge is -2.50. The second-order valence-electron chi connectivity index (χ2n) is 15.0. The van der Waals surface area contributed by atoms with Gasteiger partial charge in [-0.15, -0.1) is 0 Å². The van der Waals surface area contributed by atoms with Crippen molar-refractivity contribution in [2.24, 2.45) is 0 Å². The van der Waals surface area contributed by atoms with Crippen molar-refractivity contribution >= 4 is 44.3 Å². The van der Waals surface area contributed by atoms with Gasteiger partial charge in [0.2, 0.25) is 0 Å². The SMILES string of the molecule is OC1C(c2ccc3c4c(cccc24)N2CCCC2(c2ccccc2)N3)C(O)C1c1ccc2c3c(cccc13)N1CCCC1(c1ccccc1)N2. The van der Waals surface area contributed by atoms with E-state index in [1.165, 1.54) is 33.3 Å². The fraction of sp³-hybridized carbons (Fsp3) is 0.273. The van der Waals surface area contributed by atoms with E-state index in [0.717, 1.165) is 72.0 Å². The van der Waals surface area contributed by atoms with E-state index in [2.05, 4.69) is 142 Å². The Bertz CT molecular complexity index is 2160. The summed E-state index contributed by atoms with van der Waals surface area (Å²) in [5.74, 6) is -0.756. The Balaban J connectivity index is 0.969. The highest BCUT2D eigenvalue weighted by atomic mass is 16.3. The third-order valence-corrected chi connectivity index (χ3v) is 12.8. The third-order valence-electron chi connectivity index (χ3n) is 12.8. The van der Waals surface area contributed by atoms with Gasteiger partial charge in [0.1, 0.15) is 11.3 Å². The molecule has 248 valence electrons. The van der Waals surface area contributed by atoms with E-state index in [1.807, 2.05) is 0 Å². The van der Waals surface area contributed by atoms with E-state index in [1.54, 1.807) is 0 Å². The number of hydrogen-bond acceptors (Lipinski definition) is 6. The minimum Gasteiger partial charge on any atom is -0.392 e. The van der Waals surface area contributed by atoms with Crippen LogP contribution in [-0.2, 0) is 11.3 Å². The number of nitrogens with one attached hydrogen (secondary N) is 2. The molecule has 0 bridgehead atoms. The van der Waals surface area contributed by atoms with Gasteiger partial charge in [0.15, 0.2) is 0 Å². The van der Waals surface area contributed by atoms with E-state index in [0.29, 0.717) is 0 Å². The normalized spacial score (nSPS) is 28.9. The Hall–Kier alpha value is -5.04. The molecule has 4 aliphatic heterocycles. The molecule has 2 saturated heterocycles. The predicted octanol–water partition coefficient (Wildman–Crippen LogP) is 8.35. The summed E-state index contributed by atoms with van der Waals surface area (Å²) in [4.78, 5) is 5.07. The van der Waals surface area contributed by atoms with Crippen molar-refractivity contribution in [2.75, 3.05) is 33.5 Å². The van der Waals surface area contributed by atoms with E-state index in [4.69, 9.17) is 0 Å². The second kappa shape index (κ2) is 10.3. The molecule has 11 rings (SSSR count). The Labute approximate surface area is 292 Å². The van der Waals surface area contributed by atoms with Crippen LogP contribution in [0.5, 0.6) is 0 Å². The van der Waals surface area contributed by atoms with Gasteiger partial charge in [-0.05, 0) is 83.0 Å². The average molecular weight is 657 g/mol. The summed E-state index contributed by atoms with van der Waals surface area (Å²) < 4.78 is 0. The second-order valence-corrected chi connectivity index (χ2v) is 15.0. The summed E-state index contributed by atoms with van der Waals surface area (Å²) in [7, 11) is 0. The maximum Gasteiger partial charge on any atom is 0.137 e. The molecule has 6 nitrogen and oxygen atoms in total. The molecule has 5 aliphatic rings. The monoisotopic (exact) mass is 656 g/mol. The zero-order valence-corrected chi connectivity index (χ0v) is 27.9. The summed E-state index contributed by atoms with van der Waals surface area (Å²) in [6.45, 7) is 1.95. The molecule has 50 heavy (non-hydrogen) atoms. The molecule has 6 aromatic carbocycles. The van der Waals surface area contributed by atoms with Crippen molar-refractivity contribution in [3.05, 3.63) is 144 Å². The number of rotatable bonds is 4. The lowest BCUT2D eigenvalue weighted by atomic mass is 9.62. The predicted molar refractivity (Wildman–Crippen MR) is 202 cm³/mol. The first-order valence-electron chi connectivity index (χ1n) is 18.3. The Kier molecular flexibility index (Phi) is 5.90. The van der Waals surface area contributed by atoms with Gasteiger partial charge in [-0.25, -0.2) is 0 Å². The average Bonchev–Trinajstić information content (AvgIpc) is 3.81. The van der Waals surface area contributed by atoms with Crippen LogP contribution < -0.4 is 20.4 Å². The molecule has 1 saturated carbocycles. The third kappa shape index (κ3) is 3.60. The van der Waals surface area contributed by atoms with E-state index in [9.17, 15) is 10.2 Å². The van der Waals surface area contributed by atoms with Crippen molar-refractivity contribution in [1.82, 2.24) is 0 Å². The number of aliphatic hydroxyl groups excluding tert-OH is 2. The largest absolute Gasteiger partial charge is 0.392 e. The van der Waals surface area contributed by atoms with Crippen LogP contribution in [-0.4, -0.2) is 35.5 Å². The highest BCUT2D eigenvalue weighted by molar-refractivity contribution is 6.09. The molecule has 4 heterocycles. The lowest BCUT2D eigenvalue weighted by molar-refractivity contribution is -0.0775. The molecule has 1 aliphatic carbocycles. The lowest BCUT2D eigenvalue weighted by Crippen LogP contribution is -2.52. The summed E-state index contributed by atoms with van der Waals surface area (Å²) in [6.07, 6.45) is 2.86. The summed E-state index contributed by atoms with van der Waals surface area (Å²) in [5.41, 5.74) is 8.73. The van der Waals surface area contributed by atoms with Gasteiger partial charge in [-0.3, -0.25) is 0 Å². The number of aliphatic hydroxyl groups is 2. The molecule has 0 spiro atoms.